The zero-order chi connectivity index (χ0) is 66.8. The first-order valence-corrected chi connectivity index (χ1v) is 37.1. The molecule has 2 aliphatic heterocycles. The topological polar surface area (TPSA) is 288 Å². The first kappa shape index (κ1) is 65.3. The van der Waals surface area contributed by atoms with Gasteiger partial charge in [-0.3, -0.25) is 28.7 Å². The largest absolute Gasteiger partial charge is 0.497 e. The van der Waals surface area contributed by atoms with E-state index in [1.54, 1.807) is 60.8 Å². The fourth-order valence-corrected chi connectivity index (χ4v) is 17.5. The van der Waals surface area contributed by atoms with Crippen LogP contribution in [-0.4, -0.2) is 149 Å². The van der Waals surface area contributed by atoms with E-state index >= 15 is 0 Å². The molecule has 96 heavy (non-hydrogen) atoms. The maximum Gasteiger partial charge on any atom is 0.330 e. The Morgan fingerprint density at radius 3 is 1.50 bits per heavy atom. The second-order valence-corrected chi connectivity index (χ2v) is 31.4. The lowest BCUT2D eigenvalue weighted by atomic mass is 9.93. The second-order valence-electron chi connectivity index (χ2n) is 27.7. The monoisotopic (exact) mass is 1360 g/mol. The number of aliphatic carboxylic acids is 1. The Morgan fingerprint density at radius 1 is 0.604 bits per heavy atom. The Kier molecular flexibility index (Phi) is 18.0. The first-order valence-electron chi connectivity index (χ1n) is 33.8. The average molecular weight is 1360 g/mol. The average Bonchev–Trinajstić information content (AvgIpc) is 1.56. The molecule has 4 N–H and O–H groups in total. The van der Waals surface area contributed by atoms with Crippen molar-refractivity contribution in [2.24, 2.45) is 35.5 Å². The summed E-state index contributed by atoms with van der Waals surface area (Å²) < 4.78 is 52.0. The molecule has 4 aromatic heterocycles. The van der Waals surface area contributed by atoms with Gasteiger partial charge in [0.2, 0.25) is 45.4 Å². The summed E-state index contributed by atoms with van der Waals surface area (Å²) >= 11 is 3.11. The van der Waals surface area contributed by atoms with Crippen molar-refractivity contribution in [3.8, 4) is 44.7 Å². The number of pyridine rings is 2. The van der Waals surface area contributed by atoms with Crippen molar-refractivity contribution in [2.75, 3.05) is 41.4 Å². The van der Waals surface area contributed by atoms with Gasteiger partial charge in [0.25, 0.3) is 5.91 Å². The minimum absolute atomic E-state index is 0.114. The van der Waals surface area contributed by atoms with Gasteiger partial charge in [-0.1, -0.05) is 24.3 Å². The van der Waals surface area contributed by atoms with Gasteiger partial charge in [-0.05, 0) is 175 Å². The molecule has 2 aromatic carbocycles. The molecule has 0 spiro atoms. The van der Waals surface area contributed by atoms with Crippen LogP contribution < -0.4 is 34.3 Å². The summed E-state index contributed by atoms with van der Waals surface area (Å²) in [6, 6.07) is 15.3. The van der Waals surface area contributed by atoms with Crippen LogP contribution in [0.2, 0.25) is 0 Å². The van der Waals surface area contributed by atoms with Crippen molar-refractivity contribution >= 4 is 89.7 Å². The molecular formula is C71H81N9O13S3. The molecule has 7 saturated carbocycles. The maximum absolute atomic E-state index is 14.2. The van der Waals surface area contributed by atoms with Crippen LogP contribution in [0.1, 0.15) is 139 Å². The Labute approximate surface area is 565 Å². The molecule has 9 aliphatic rings. The number of rotatable bonds is 14. The van der Waals surface area contributed by atoms with Crippen LogP contribution in [0.5, 0.6) is 23.3 Å². The summed E-state index contributed by atoms with van der Waals surface area (Å²) in [6.07, 6.45) is 19.1. The van der Waals surface area contributed by atoms with Crippen molar-refractivity contribution in [1.82, 2.24) is 45.1 Å². The van der Waals surface area contributed by atoms with Crippen LogP contribution in [0.15, 0.2) is 83.6 Å². The number of carboxylic acids is 1. The predicted molar refractivity (Wildman–Crippen MR) is 361 cm³/mol. The van der Waals surface area contributed by atoms with Crippen molar-refractivity contribution in [3.63, 3.8) is 0 Å². The van der Waals surface area contributed by atoms with E-state index in [-0.39, 0.29) is 49.3 Å². The summed E-state index contributed by atoms with van der Waals surface area (Å²) in [5.74, 6) is -3.08. The van der Waals surface area contributed by atoms with Crippen LogP contribution in [0, 0.1) is 35.5 Å². The fourth-order valence-electron chi connectivity index (χ4n) is 14.4. The number of amides is 5. The Balaban J connectivity index is 0.000000166. The van der Waals surface area contributed by atoms with E-state index in [1.165, 1.54) is 0 Å². The number of carbonyl (C=O) groups is 6. The van der Waals surface area contributed by atoms with Crippen molar-refractivity contribution in [2.45, 2.75) is 156 Å². The lowest BCUT2D eigenvalue weighted by Gasteiger charge is -2.26. The van der Waals surface area contributed by atoms with E-state index in [0.717, 1.165) is 107 Å². The second kappa shape index (κ2) is 26.4. The number of nitrogens with one attached hydrogen (secondary N) is 3. The molecule has 7 fully saturated rings. The van der Waals surface area contributed by atoms with Gasteiger partial charge in [-0.15, -0.1) is 22.7 Å². The third-order valence-corrected chi connectivity index (χ3v) is 24.4. The predicted octanol–water partition coefficient (Wildman–Crippen LogP) is 9.88. The van der Waals surface area contributed by atoms with Gasteiger partial charge in [-0.2, -0.15) is 0 Å². The molecule has 25 heteroatoms. The Hall–Kier alpha value is -8.03. The molecule has 5 amide bonds. The number of allylic oxidation sites excluding steroid dienone is 2. The SMILES string of the molecule is COc1ccc2c(O[C@@H]3C[C@H]4C(=O)N[C@]5(C(=O)NS(=O)(=O)C6CC6)C[C@H]5/C=C\CCCCN(C)C(=O)[C@@H]4C3)nc(-c3nc(C4CC4)cs3)cc2c1.COc1ccc2c(O[C@@H]3C[C@H]4C(=O)N[C@]5(C(=O)O)C[C@H]5/C=C\CCCCN(C)C(=O)[C@@H]4C3)nc(-c3nc(C4CC4)cs3)cc2c1. The molecule has 15 rings (SSSR count). The zero-order valence-corrected chi connectivity index (χ0v) is 56.8. The van der Waals surface area contributed by atoms with Crippen LogP contribution in [0.3, 0.4) is 0 Å². The van der Waals surface area contributed by atoms with Crippen LogP contribution in [0.4, 0.5) is 0 Å². The minimum Gasteiger partial charge on any atom is -0.497 e. The number of sulfonamides is 1. The lowest BCUT2D eigenvalue weighted by Crippen LogP contribution is -2.54. The van der Waals surface area contributed by atoms with Gasteiger partial charge >= 0.3 is 5.97 Å². The highest BCUT2D eigenvalue weighted by Gasteiger charge is 2.63. The van der Waals surface area contributed by atoms with E-state index in [4.69, 9.17) is 38.9 Å². The van der Waals surface area contributed by atoms with Gasteiger partial charge in [-0.25, -0.2) is 33.1 Å². The highest BCUT2D eigenvalue weighted by Crippen LogP contribution is 2.50. The summed E-state index contributed by atoms with van der Waals surface area (Å²) in [5, 5.41) is 24.4. The Morgan fingerprint density at radius 2 is 1.05 bits per heavy atom. The highest BCUT2D eigenvalue weighted by atomic mass is 32.2. The fraction of sp³-hybridized carbons (Fsp3) is 0.521. The van der Waals surface area contributed by atoms with E-state index in [1.807, 2.05) is 72.8 Å². The molecule has 6 heterocycles. The molecule has 22 nitrogen and oxygen atoms in total. The van der Waals surface area contributed by atoms with Gasteiger partial charge in [0.05, 0.1) is 54.5 Å². The Bertz CT molecular complexity index is 4240. The number of methoxy groups -OCH3 is 2. The third-order valence-electron chi connectivity index (χ3n) is 20.8. The molecule has 6 aromatic rings. The van der Waals surface area contributed by atoms with Gasteiger partial charge < -0.3 is 44.5 Å². The van der Waals surface area contributed by atoms with Crippen LogP contribution in [0.25, 0.3) is 42.9 Å². The smallest absolute Gasteiger partial charge is 0.330 e. The summed E-state index contributed by atoms with van der Waals surface area (Å²) in [4.78, 5) is 105. The molecule has 0 radical (unpaired) electrons. The highest BCUT2D eigenvalue weighted by molar-refractivity contribution is 7.91. The number of hydrogen-bond acceptors (Lipinski definition) is 18. The molecule has 10 atom stereocenters. The van der Waals surface area contributed by atoms with Gasteiger partial charge in [0.15, 0.2) is 0 Å². The first-order chi connectivity index (χ1) is 46.3. The standard InChI is InChI=1S/C37H43N5O7S2.C34H38N4O6S/c1-42-14-6-4-3-5-7-23-19-37(23,36(45)41-51(46,47)26-11-12-26)40-32(43)28-17-25(18-29(28)35(42)44)49-33-27-13-10-24(48-2)15-22(27)16-30(38-33)34-39-31(20-50-34)21-8-9-21;1-38-12-6-4-3-5-7-21-17-34(21,33(41)42)37-29(39)25-15-23(16-26(25)32(38)40)44-30-24-11-10-22(43-2)13-20(24)14-27(35-30)31-36-28(18-45-31)19-8-9-19/h5,7,10,13,15-16,20-21,23,25-26,28-29H,3-4,6,8-9,11-12,14,17-19H2,1-2H3,(H,40,43)(H,41,45);5,7,10-11,13-14,18-19,21,23,25-26H,3-4,6,8-9,12,15-17H2,1-2H3,(H,37,39)(H,41,42)/b2*7-5-/t23-,25-,28-,29-,37-;21-,23-,25-,26-,34-/m11/s1. The normalized spacial score (nSPS) is 29.2. The number of benzene rings is 2. The van der Waals surface area contributed by atoms with Gasteiger partial charge in [0, 0.05) is 72.4 Å². The quantitative estimate of drug-likeness (QED) is 0.0738. The number of aromatic nitrogens is 4. The zero-order valence-electron chi connectivity index (χ0n) is 54.3. The van der Waals surface area contributed by atoms with E-state index in [2.05, 4.69) is 26.1 Å². The molecule has 7 aliphatic carbocycles. The van der Waals surface area contributed by atoms with Crippen molar-refractivity contribution in [3.05, 3.63) is 95.0 Å². The maximum atomic E-state index is 14.2. The van der Waals surface area contributed by atoms with Crippen LogP contribution in [-0.2, 0) is 38.8 Å². The number of thiazole rings is 2. The third kappa shape index (κ3) is 13.6. The van der Waals surface area contributed by atoms with E-state index in [9.17, 15) is 42.3 Å². The summed E-state index contributed by atoms with van der Waals surface area (Å²) in [7, 11) is 2.96. The number of carbonyl (C=O) groups excluding carboxylic acids is 5. The van der Waals surface area contributed by atoms with Crippen LogP contribution >= 0.6 is 22.7 Å². The number of carboxylic acid groups (broad SMARTS) is 1. The molecule has 506 valence electrons. The number of nitrogens with zero attached hydrogens (tertiary/aromatic N) is 6. The minimum atomic E-state index is -3.82. The van der Waals surface area contributed by atoms with Gasteiger partial charge in [0.1, 0.15) is 56.2 Å². The van der Waals surface area contributed by atoms with Crippen molar-refractivity contribution < 1.29 is 61.2 Å². The van der Waals surface area contributed by atoms with E-state index in [0.29, 0.717) is 85.3 Å². The molecule has 0 bridgehead atoms. The molecular weight excluding hydrogens is 1280 g/mol. The lowest BCUT2D eigenvalue weighted by molar-refractivity contribution is -0.145. The number of ether oxygens (including phenoxy) is 4. The van der Waals surface area contributed by atoms with Crippen molar-refractivity contribution in [1.29, 1.82) is 0 Å². The summed E-state index contributed by atoms with van der Waals surface area (Å²) in [5.41, 5.74) is 0.840. The number of fused-ring (bicyclic) bond motifs is 6. The number of hydrogen-bond donors (Lipinski definition) is 4. The van der Waals surface area contributed by atoms with E-state index < -0.39 is 85.9 Å². The summed E-state index contributed by atoms with van der Waals surface area (Å²) in [6.45, 7) is 1.16. The molecule has 0 unspecified atom stereocenters. The molecule has 0 saturated heterocycles.